The molecule has 1 aliphatic heterocycles. The van der Waals surface area contributed by atoms with Crippen LogP contribution in [-0.2, 0) is 28.3 Å². The number of imide groups is 1. The van der Waals surface area contributed by atoms with Gasteiger partial charge in [0.25, 0.3) is 11.8 Å². The molecule has 102 valence electrons. The summed E-state index contributed by atoms with van der Waals surface area (Å²) in [5.41, 5.74) is 0. The summed E-state index contributed by atoms with van der Waals surface area (Å²) < 4.78 is 58.1. The van der Waals surface area contributed by atoms with E-state index in [1.807, 2.05) is 0 Å². The number of phosphoric acid groups is 1. The van der Waals surface area contributed by atoms with Crippen molar-refractivity contribution >= 4 is 25.6 Å². The smallest absolute Gasteiger partial charge is 0.330 e. The van der Waals surface area contributed by atoms with Gasteiger partial charge in [-0.1, -0.05) is 0 Å². The van der Waals surface area contributed by atoms with Gasteiger partial charge in [-0.05, 0) is 6.37 Å². The molecule has 0 aliphatic carbocycles. The highest BCUT2D eigenvalue weighted by Crippen LogP contribution is 2.35. The number of phosphoric ester groups is 1. The molecule has 2 N–H and O–H groups in total. The minimum atomic E-state index is -5.58. The molecular weight excluding hydrogens is 269 g/mol. The van der Waals surface area contributed by atoms with E-state index in [-0.39, 0.29) is 17.9 Å². The van der Waals surface area contributed by atoms with Crippen LogP contribution in [0, 0.1) is 0 Å². The van der Waals surface area contributed by atoms with Crippen molar-refractivity contribution in [3.05, 3.63) is 0 Å². The SMILES string of the molecule is [2H]C([2H])(OP(=O)(O)O)C([2H])([2H])C([2H])([2H])C(=O)ON1C(=O)CCC1=O. The molecule has 9 nitrogen and oxygen atoms in total. The van der Waals surface area contributed by atoms with Gasteiger partial charge in [0.05, 0.1) is 15.7 Å². The molecule has 0 saturated carbocycles. The summed E-state index contributed by atoms with van der Waals surface area (Å²) in [7, 11) is -5.58. The number of hydrogen-bond donors (Lipinski definition) is 2. The second kappa shape index (κ2) is 6.05. The average molecular weight is 287 g/mol. The lowest BCUT2D eigenvalue weighted by atomic mass is 10.3. The molecule has 0 unspecified atom stereocenters. The highest BCUT2D eigenvalue weighted by Gasteiger charge is 2.32. The van der Waals surface area contributed by atoms with Gasteiger partial charge in [0.1, 0.15) is 0 Å². The Morgan fingerprint density at radius 2 is 1.94 bits per heavy atom. The van der Waals surface area contributed by atoms with E-state index >= 15 is 0 Å². The van der Waals surface area contributed by atoms with E-state index in [1.165, 1.54) is 0 Å². The summed E-state index contributed by atoms with van der Waals surface area (Å²) in [6.07, 6.45) is -8.48. The van der Waals surface area contributed by atoms with Gasteiger partial charge >= 0.3 is 13.8 Å². The predicted octanol–water partition coefficient (Wildman–Crippen LogP) is -0.517. The summed E-state index contributed by atoms with van der Waals surface area (Å²) >= 11 is 0. The summed E-state index contributed by atoms with van der Waals surface area (Å²) in [5.74, 6) is -4.13. The Balaban J connectivity index is 3.07. The molecular formula is C8H12NO8P. The number of nitrogens with zero attached hydrogens (tertiary/aromatic N) is 1. The van der Waals surface area contributed by atoms with E-state index in [1.54, 1.807) is 0 Å². The molecule has 0 aromatic rings. The van der Waals surface area contributed by atoms with Gasteiger partial charge in [-0.2, -0.15) is 0 Å². The minimum Gasteiger partial charge on any atom is -0.330 e. The predicted molar refractivity (Wildman–Crippen MR) is 54.4 cm³/mol. The molecule has 0 spiro atoms. The Morgan fingerprint density at radius 1 is 1.39 bits per heavy atom. The lowest BCUT2D eigenvalue weighted by molar-refractivity contribution is -0.197. The van der Waals surface area contributed by atoms with Crippen LogP contribution in [0.25, 0.3) is 0 Å². The maximum atomic E-state index is 11.8. The molecule has 1 heterocycles. The Morgan fingerprint density at radius 3 is 2.44 bits per heavy atom. The van der Waals surface area contributed by atoms with Gasteiger partial charge in [-0.15, -0.1) is 5.06 Å². The second-order valence-corrected chi connectivity index (χ2v) is 4.06. The van der Waals surface area contributed by atoms with Gasteiger partial charge in [0, 0.05) is 18.3 Å². The van der Waals surface area contributed by atoms with Gasteiger partial charge in [-0.25, -0.2) is 9.36 Å². The normalized spacial score (nSPS) is 23.6. The van der Waals surface area contributed by atoms with E-state index in [4.69, 9.17) is 18.0 Å². The molecule has 2 amide bonds. The van der Waals surface area contributed by atoms with Crippen LogP contribution in [0.4, 0.5) is 0 Å². The maximum absolute atomic E-state index is 11.8. The van der Waals surface area contributed by atoms with Crippen molar-refractivity contribution in [3.63, 3.8) is 0 Å². The van der Waals surface area contributed by atoms with Crippen molar-refractivity contribution in [1.82, 2.24) is 5.06 Å². The molecule has 1 saturated heterocycles. The summed E-state index contributed by atoms with van der Waals surface area (Å²) in [6.45, 7) is -3.96. The molecule has 0 aromatic carbocycles. The zero-order valence-corrected chi connectivity index (χ0v) is 9.55. The molecule has 0 aromatic heterocycles. The molecule has 1 rings (SSSR count). The van der Waals surface area contributed by atoms with Crippen LogP contribution in [0.15, 0.2) is 0 Å². The van der Waals surface area contributed by atoms with Crippen molar-refractivity contribution in [3.8, 4) is 0 Å². The van der Waals surface area contributed by atoms with Gasteiger partial charge in [-0.3, -0.25) is 14.1 Å². The van der Waals surface area contributed by atoms with Crippen LogP contribution in [0.2, 0.25) is 0 Å². The lowest BCUT2D eigenvalue weighted by Crippen LogP contribution is -2.32. The summed E-state index contributed by atoms with van der Waals surface area (Å²) in [4.78, 5) is 55.7. The third kappa shape index (κ3) is 4.92. The lowest BCUT2D eigenvalue weighted by Gasteiger charge is -2.12. The monoisotopic (exact) mass is 287 g/mol. The van der Waals surface area contributed by atoms with Crippen molar-refractivity contribution in [2.75, 3.05) is 6.56 Å². The molecule has 0 radical (unpaired) electrons. The zero-order valence-electron chi connectivity index (χ0n) is 14.7. The van der Waals surface area contributed by atoms with Crippen LogP contribution >= 0.6 is 7.82 Å². The fraction of sp³-hybridized carbons (Fsp3) is 0.625. The number of carbonyl (C=O) groups excluding carboxylic acids is 3. The van der Waals surface area contributed by atoms with Crippen molar-refractivity contribution < 1.29 is 46.3 Å². The van der Waals surface area contributed by atoms with E-state index in [2.05, 4.69) is 9.36 Å². The Labute approximate surface area is 110 Å². The van der Waals surface area contributed by atoms with Crippen LogP contribution < -0.4 is 0 Å². The van der Waals surface area contributed by atoms with Crippen molar-refractivity contribution in [2.24, 2.45) is 0 Å². The maximum Gasteiger partial charge on any atom is 0.469 e. The van der Waals surface area contributed by atoms with Gasteiger partial charge < -0.3 is 14.6 Å². The first kappa shape index (κ1) is 8.00. The second-order valence-electron chi connectivity index (χ2n) is 2.89. The largest absolute Gasteiger partial charge is 0.469 e. The highest BCUT2D eigenvalue weighted by molar-refractivity contribution is 7.46. The number of hydrogen-bond acceptors (Lipinski definition) is 6. The number of amides is 2. The Kier molecular flexibility index (Phi) is 2.69. The van der Waals surface area contributed by atoms with Crippen LogP contribution in [0.1, 0.15) is 33.8 Å². The van der Waals surface area contributed by atoms with Crippen molar-refractivity contribution in [1.29, 1.82) is 0 Å². The summed E-state index contributed by atoms with van der Waals surface area (Å²) in [5, 5.41) is -0.0876. The van der Waals surface area contributed by atoms with E-state index in [0.29, 0.717) is 0 Å². The quantitative estimate of drug-likeness (QED) is 0.493. The van der Waals surface area contributed by atoms with Gasteiger partial charge in [0.2, 0.25) is 0 Å². The molecule has 1 fully saturated rings. The average Bonchev–Trinajstić information content (AvgIpc) is 2.67. The third-order valence-electron chi connectivity index (χ3n) is 1.56. The fourth-order valence-corrected chi connectivity index (χ4v) is 1.09. The molecule has 18 heavy (non-hydrogen) atoms. The topological polar surface area (TPSA) is 130 Å². The third-order valence-corrected chi connectivity index (χ3v) is 1.89. The number of rotatable bonds is 6. The molecule has 0 atom stereocenters. The fourth-order valence-electron chi connectivity index (χ4n) is 0.922. The minimum absolute atomic E-state index is 0.0876. The first-order chi connectivity index (χ1) is 10.5. The Hall–Kier alpha value is -1.28. The zero-order chi connectivity index (χ0) is 19.1. The van der Waals surface area contributed by atoms with E-state index < -0.39 is 44.9 Å². The Bertz CT molecular complexity index is 602. The van der Waals surface area contributed by atoms with E-state index in [9.17, 15) is 18.9 Å². The van der Waals surface area contributed by atoms with E-state index in [0.717, 1.165) is 0 Å². The summed E-state index contributed by atoms with van der Waals surface area (Å²) in [6, 6.07) is 0. The van der Waals surface area contributed by atoms with Crippen LogP contribution in [0.5, 0.6) is 0 Å². The van der Waals surface area contributed by atoms with Crippen LogP contribution in [-0.4, -0.2) is 39.2 Å². The van der Waals surface area contributed by atoms with Gasteiger partial charge in [0.15, 0.2) is 0 Å². The van der Waals surface area contributed by atoms with Crippen LogP contribution in [0.3, 0.4) is 0 Å². The number of carbonyl (C=O) groups is 3. The first-order valence-electron chi connectivity index (χ1n) is 7.37. The number of hydroxylamine groups is 2. The molecule has 10 heteroatoms. The standard InChI is InChI=1S/C8H12NO8P/c10-6-3-4-7(11)9(6)17-8(12)2-1-5-16-18(13,14)15/h1-5H2,(H2,13,14,15)/i1D2,2D2,5D2. The molecule has 1 aliphatic rings. The molecule has 0 bridgehead atoms. The van der Waals surface area contributed by atoms with Crippen molar-refractivity contribution in [2.45, 2.75) is 25.6 Å². The highest BCUT2D eigenvalue weighted by atomic mass is 31.2. The first-order valence-corrected chi connectivity index (χ1v) is 5.90.